The van der Waals surface area contributed by atoms with Gasteiger partial charge < -0.3 is 9.13 Å². The van der Waals surface area contributed by atoms with E-state index in [4.69, 9.17) is 4.98 Å². The Morgan fingerprint density at radius 2 is 0.977 bits per heavy atom. The molecule has 0 saturated carbocycles. The largest absolute Gasteiger partial charge is 0.309 e. The monoisotopic (exact) mass is 565 g/mol. The SMILES string of the molecule is c1ccc2c(c1)sc1c3ccc(-n4c5ccccc5c5cc(-n6c7ccccc7c7ccccc76)ccc54)cc3cnc21. The average molecular weight is 566 g/mol. The zero-order chi connectivity index (χ0) is 28.1. The van der Waals surface area contributed by atoms with Crippen LogP contribution in [0.25, 0.3) is 86.1 Å². The standard InChI is InChI=1S/C39H23N3S/c1-5-13-33-28(9-1)29-10-2-6-14-34(29)42(33)26-18-20-36-32(22-26)30-11-3-7-15-35(30)41(36)25-17-19-27-24(21-25)23-40-38-31-12-4-8-16-37(31)43-39(27)38/h1-23H. The number of hydrogen-bond donors (Lipinski definition) is 0. The summed E-state index contributed by atoms with van der Waals surface area (Å²) in [6.45, 7) is 0. The summed E-state index contributed by atoms with van der Waals surface area (Å²) in [6.07, 6.45) is 2.04. The smallest absolute Gasteiger partial charge is 0.0894 e. The van der Waals surface area contributed by atoms with Crippen molar-refractivity contribution < 1.29 is 0 Å². The Labute approximate surface area is 250 Å². The third kappa shape index (κ3) is 3.16. The molecule has 4 heterocycles. The van der Waals surface area contributed by atoms with Crippen LogP contribution in [0.2, 0.25) is 0 Å². The highest BCUT2D eigenvalue weighted by atomic mass is 32.1. The fourth-order valence-corrected chi connectivity index (χ4v) is 8.25. The summed E-state index contributed by atoms with van der Waals surface area (Å²) in [6, 6.07) is 48.4. The van der Waals surface area contributed by atoms with Gasteiger partial charge in [0.05, 0.1) is 32.3 Å². The summed E-state index contributed by atoms with van der Waals surface area (Å²) in [5, 5.41) is 8.69. The molecule has 0 amide bonds. The number of nitrogens with zero attached hydrogens (tertiary/aromatic N) is 3. The van der Waals surface area contributed by atoms with Crippen molar-refractivity contribution >= 4 is 86.0 Å². The van der Waals surface area contributed by atoms with Gasteiger partial charge in [-0.15, -0.1) is 11.3 Å². The Kier molecular flexibility index (Phi) is 4.60. The molecule has 0 atom stereocenters. The third-order valence-corrected chi connectivity index (χ3v) is 10.1. The summed E-state index contributed by atoms with van der Waals surface area (Å²) >= 11 is 1.83. The number of pyridine rings is 1. The van der Waals surface area contributed by atoms with Crippen LogP contribution in [0, 0.1) is 0 Å². The lowest BCUT2D eigenvalue weighted by molar-refractivity contribution is 1.17. The van der Waals surface area contributed by atoms with Crippen LogP contribution in [0.1, 0.15) is 0 Å². The number of aromatic nitrogens is 3. The lowest BCUT2D eigenvalue weighted by Crippen LogP contribution is -1.96. The number of hydrogen-bond acceptors (Lipinski definition) is 2. The Morgan fingerprint density at radius 3 is 1.67 bits per heavy atom. The minimum Gasteiger partial charge on any atom is -0.309 e. The highest BCUT2D eigenvalue weighted by Gasteiger charge is 2.17. The van der Waals surface area contributed by atoms with Crippen LogP contribution in [-0.2, 0) is 0 Å². The van der Waals surface area contributed by atoms with Gasteiger partial charge in [-0.05, 0) is 54.6 Å². The van der Waals surface area contributed by atoms with E-state index in [1.54, 1.807) is 0 Å². The first-order valence-corrected chi connectivity index (χ1v) is 15.4. The molecule has 4 aromatic heterocycles. The van der Waals surface area contributed by atoms with Crippen LogP contribution in [0.15, 0.2) is 140 Å². The molecular weight excluding hydrogens is 543 g/mol. The summed E-state index contributed by atoms with van der Waals surface area (Å²) < 4.78 is 7.33. The van der Waals surface area contributed by atoms with E-state index >= 15 is 0 Å². The van der Waals surface area contributed by atoms with E-state index in [1.807, 2.05) is 17.5 Å². The Morgan fingerprint density at radius 1 is 0.442 bits per heavy atom. The molecule has 0 bridgehead atoms. The van der Waals surface area contributed by atoms with Crippen molar-refractivity contribution in [1.82, 2.24) is 14.1 Å². The highest BCUT2D eigenvalue weighted by Crippen LogP contribution is 2.40. The van der Waals surface area contributed by atoms with Gasteiger partial charge in [-0.1, -0.05) is 78.9 Å². The molecule has 0 spiro atoms. The van der Waals surface area contributed by atoms with Crippen molar-refractivity contribution in [3.63, 3.8) is 0 Å². The summed E-state index contributed by atoms with van der Waals surface area (Å²) in [7, 11) is 0. The number of thiophene rings is 1. The molecule has 10 aromatic rings. The molecule has 10 rings (SSSR count). The second-order valence-electron chi connectivity index (χ2n) is 11.2. The lowest BCUT2D eigenvalue weighted by Gasteiger charge is -2.11. The maximum absolute atomic E-state index is 4.93. The van der Waals surface area contributed by atoms with E-state index in [1.165, 1.54) is 69.5 Å². The van der Waals surface area contributed by atoms with Crippen LogP contribution < -0.4 is 0 Å². The number of fused-ring (bicyclic) bond motifs is 11. The number of rotatable bonds is 2. The maximum Gasteiger partial charge on any atom is 0.0894 e. The summed E-state index contributed by atoms with van der Waals surface area (Å²) in [5.74, 6) is 0. The van der Waals surface area contributed by atoms with Crippen molar-refractivity contribution in [1.29, 1.82) is 0 Å². The van der Waals surface area contributed by atoms with E-state index in [2.05, 4.69) is 143 Å². The van der Waals surface area contributed by atoms with E-state index in [0.717, 1.165) is 16.6 Å². The molecule has 0 aliphatic rings. The Balaban J connectivity index is 1.22. The maximum atomic E-state index is 4.93. The van der Waals surface area contributed by atoms with Gasteiger partial charge in [-0.2, -0.15) is 0 Å². The van der Waals surface area contributed by atoms with Crippen molar-refractivity contribution in [3.05, 3.63) is 140 Å². The van der Waals surface area contributed by atoms with E-state index < -0.39 is 0 Å². The molecule has 200 valence electrons. The summed E-state index contributed by atoms with van der Waals surface area (Å²) in [5.41, 5.74) is 8.25. The molecule has 0 fully saturated rings. The van der Waals surface area contributed by atoms with E-state index in [9.17, 15) is 0 Å². The Bertz CT molecular complexity index is 2690. The topological polar surface area (TPSA) is 22.8 Å². The molecule has 0 aliphatic heterocycles. The zero-order valence-electron chi connectivity index (χ0n) is 23.0. The third-order valence-electron chi connectivity index (χ3n) is 8.93. The normalized spacial score (nSPS) is 12.2. The first-order chi connectivity index (χ1) is 21.3. The summed E-state index contributed by atoms with van der Waals surface area (Å²) in [4.78, 5) is 4.93. The zero-order valence-corrected chi connectivity index (χ0v) is 23.8. The van der Waals surface area contributed by atoms with Gasteiger partial charge in [0.2, 0.25) is 0 Å². The Hall–Kier alpha value is -5.45. The molecule has 43 heavy (non-hydrogen) atoms. The molecule has 0 unspecified atom stereocenters. The lowest BCUT2D eigenvalue weighted by atomic mass is 10.1. The van der Waals surface area contributed by atoms with Crippen LogP contribution >= 0.6 is 11.3 Å². The van der Waals surface area contributed by atoms with Gasteiger partial charge in [0.15, 0.2) is 0 Å². The fraction of sp³-hybridized carbons (Fsp3) is 0. The van der Waals surface area contributed by atoms with Crippen LogP contribution in [0.3, 0.4) is 0 Å². The first kappa shape index (κ1) is 23.1. The molecule has 0 aliphatic carbocycles. The van der Waals surface area contributed by atoms with Gasteiger partial charge >= 0.3 is 0 Å². The molecule has 0 N–H and O–H groups in total. The van der Waals surface area contributed by atoms with E-state index in [0.29, 0.717) is 0 Å². The van der Waals surface area contributed by atoms with E-state index in [-0.39, 0.29) is 0 Å². The fourth-order valence-electron chi connectivity index (χ4n) is 7.06. The van der Waals surface area contributed by atoms with Gasteiger partial charge in [0.1, 0.15) is 0 Å². The van der Waals surface area contributed by atoms with Crippen LogP contribution in [0.5, 0.6) is 0 Å². The van der Waals surface area contributed by atoms with Crippen LogP contribution in [0.4, 0.5) is 0 Å². The molecule has 3 nitrogen and oxygen atoms in total. The van der Waals surface area contributed by atoms with Crippen LogP contribution in [-0.4, -0.2) is 14.1 Å². The molecule has 4 heteroatoms. The van der Waals surface area contributed by atoms with Gasteiger partial charge in [0.25, 0.3) is 0 Å². The van der Waals surface area contributed by atoms with Crippen molar-refractivity contribution in [2.45, 2.75) is 0 Å². The predicted molar refractivity (Wildman–Crippen MR) is 183 cm³/mol. The highest BCUT2D eigenvalue weighted by molar-refractivity contribution is 7.26. The minimum atomic E-state index is 1.09. The first-order valence-electron chi connectivity index (χ1n) is 14.6. The molecule has 0 radical (unpaired) electrons. The number of benzene rings is 6. The molecular formula is C39H23N3S. The quantitative estimate of drug-likeness (QED) is 0.204. The average Bonchev–Trinajstić information content (AvgIpc) is 3.72. The minimum absolute atomic E-state index is 1.09. The van der Waals surface area contributed by atoms with Crippen molar-refractivity contribution in [2.24, 2.45) is 0 Å². The molecule has 0 saturated heterocycles. The molecule has 6 aromatic carbocycles. The predicted octanol–water partition coefficient (Wildman–Crippen LogP) is 10.8. The second-order valence-corrected chi connectivity index (χ2v) is 12.3. The van der Waals surface area contributed by atoms with Gasteiger partial charge in [0, 0.05) is 60.0 Å². The van der Waals surface area contributed by atoms with Crippen molar-refractivity contribution in [2.75, 3.05) is 0 Å². The second kappa shape index (κ2) is 8.54. The van der Waals surface area contributed by atoms with Gasteiger partial charge in [-0.3, -0.25) is 4.98 Å². The number of para-hydroxylation sites is 3. The van der Waals surface area contributed by atoms with Crippen molar-refractivity contribution in [3.8, 4) is 11.4 Å². The van der Waals surface area contributed by atoms with Gasteiger partial charge in [-0.25, -0.2) is 0 Å².